The summed E-state index contributed by atoms with van der Waals surface area (Å²) < 4.78 is 16.4. The smallest absolute Gasteiger partial charge is 0.0996 e. The molecule has 0 aromatic carbocycles. The fraction of sp³-hybridized carbons (Fsp3) is 0.125. The maximum atomic E-state index is 7.37. The van der Waals surface area contributed by atoms with Crippen LogP contribution in [0.2, 0.25) is 5.02 Å². The molecular formula is C8H9Cl2N3. The number of nitrogens with two attached hydrogens (primary N) is 1. The van der Waals surface area contributed by atoms with Gasteiger partial charge in [0, 0.05) is 20.5 Å². The number of fused-ring (bicyclic) bond motifs is 1. The van der Waals surface area contributed by atoms with Crippen molar-refractivity contribution in [2.75, 3.05) is 0 Å². The molecule has 0 spiro atoms. The number of nitrogens with zero attached hydrogens (tertiary/aromatic N) is 2. The zero-order valence-electron chi connectivity index (χ0n) is 8.57. The summed E-state index contributed by atoms with van der Waals surface area (Å²) in [4.78, 5) is 3.91. The van der Waals surface area contributed by atoms with Crippen LogP contribution in [-0.4, -0.2) is 9.38 Å². The lowest BCUT2D eigenvalue weighted by Crippen LogP contribution is -1.96. The third-order valence-corrected chi connectivity index (χ3v) is 1.87. The van der Waals surface area contributed by atoms with Gasteiger partial charge in [-0.3, -0.25) is 0 Å². The van der Waals surface area contributed by atoms with E-state index in [1.54, 1.807) is 22.7 Å². The van der Waals surface area contributed by atoms with Crippen LogP contribution in [0.4, 0.5) is 0 Å². The Morgan fingerprint density at radius 1 is 1.69 bits per heavy atom. The van der Waals surface area contributed by atoms with Gasteiger partial charge in [0.25, 0.3) is 0 Å². The van der Waals surface area contributed by atoms with Gasteiger partial charge in [0.1, 0.15) is 0 Å². The second kappa shape index (κ2) is 3.96. The zero-order chi connectivity index (χ0) is 10.3. The van der Waals surface area contributed by atoms with E-state index in [-0.39, 0.29) is 18.1 Å². The average Bonchev–Trinajstić information content (AvgIpc) is 2.45. The van der Waals surface area contributed by atoms with Gasteiger partial charge in [0.05, 0.1) is 17.5 Å². The summed E-state index contributed by atoms with van der Waals surface area (Å²) in [5, 5.41) is 0.531. The van der Waals surface area contributed by atoms with Gasteiger partial charge in [-0.1, -0.05) is 11.6 Å². The van der Waals surface area contributed by atoms with Gasteiger partial charge in [-0.15, -0.1) is 12.4 Å². The molecule has 0 saturated heterocycles. The van der Waals surface area contributed by atoms with E-state index in [2.05, 4.69) is 4.98 Å². The molecule has 70 valence electrons. The Balaban J connectivity index is 0.00000112. The van der Waals surface area contributed by atoms with E-state index in [0.717, 1.165) is 0 Å². The fourth-order valence-corrected chi connectivity index (χ4v) is 1.23. The molecule has 0 bridgehead atoms. The molecule has 0 radical (unpaired) electrons. The molecule has 3 nitrogen and oxygen atoms in total. The van der Waals surface area contributed by atoms with Crippen molar-refractivity contribution in [3.05, 3.63) is 35.4 Å². The number of rotatable bonds is 1. The molecular weight excluding hydrogens is 209 g/mol. The normalized spacial score (nSPS) is 13.4. The second-order valence-electron chi connectivity index (χ2n) is 2.37. The summed E-state index contributed by atoms with van der Waals surface area (Å²) in [5.74, 6) is 0. The molecule has 2 heterocycles. The van der Waals surface area contributed by atoms with Crippen molar-refractivity contribution in [2.45, 2.75) is 6.50 Å². The zero-order valence-corrected chi connectivity index (χ0v) is 8.14. The quantitative estimate of drug-likeness (QED) is 0.797. The van der Waals surface area contributed by atoms with Gasteiger partial charge in [0.15, 0.2) is 0 Å². The fourth-order valence-electron chi connectivity index (χ4n) is 1.07. The van der Waals surface area contributed by atoms with E-state index in [9.17, 15) is 0 Å². The molecule has 0 atom stereocenters. The Kier molecular flexibility index (Phi) is 2.32. The number of halogens is 2. The van der Waals surface area contributed by atoms with Crippen LogP contribution in [0, 0.1) is 0 Å². The molecule has 13 heavy (non-hydrogen) atoms. The molecule has 0 unspecified atom stereocenters. The second-order valence-corrected chi connectivity index (χ2v) is 2.81. The topological polar surface area (TPSA) is 43.3 Å². The summed E-state index contributed by atoms with van der Waals surface area (Å²) >= 11 is 5.79. The van der Waals surface area contributed by atoms with Crippen LogP contribution in [0.5, 0.6) is 0 Å². The molecule has 0 aliphatic carbocycles. The maximum absolute atomic E-state index is 7.37. The molecule has 2 rings (SSSR count). The standard InChI is InChI=1S/C8H8ClN3.ClH/c9-6-1-2-12-5-11-7(4-10)8(12)3-6;/h1-3,5H,4,10H2;1H/i4D2;. The summed E-state index contributed by atoms with van der Waals surface area (Å²) in [5.41, 5.74) is 6.11. The molecule has 0 aliphatic rings. The number of hydrogen-bond donors (Lipinski definition) is 1. The van der Waals surface area contributed by atoms with Gasteiger partial charge >= 0.3 is 0 Å². The number of aromatic nitrogens is 2. The monoisotopic (exact) mass is 219 g/mol. The summed E-state index contributed by atoms with van der Waals surface area (Å²) in [6.07, 6.45) is 3.21. The number of imidazole rings is 1. The first-order chi connectivity index (χ1) is 6.48. The maximum Gasteiger partial charge on any atom is 0.0996 e. The largest absolute Gasteiger partial charge is 0.325 e. The predicted octanol–water partition coefficient (Wildman–Crippen LogP) is 1.87. The van der Waals surface area contributed by atoms with Crippen molar-refractivity contribution in [1.82, 2.24) is 9.38 Å². The Hall–Kier alpha value is -0.770. The van der Waals surface area contributed by atoms with Crippen molar-refractivity contribution in [1.29, 1.82) is 0 Å². The van der Waals surface area contributed by atoms with Gasteiger partial charge in [-0.25, -0.2) is 4.98 Å². The van der Waals surface area contributed by atoms with Crippen LogP contribution in [0.15, 0.2) is 24.7 Å². The molecule has 5 heteroatoms. The van der Waals surface area contributed by atoms with E-state index in [1.807, 2.05) is 0 Å². The highest BCUT2D eigenvalue weighted by molar-refractivity contribution is 6.30. The lowest BCUT2D eigenvalue weighted by atomic mass is 10.3. The lowest BCUT2D eigenvalue weighted by Gasteiger charge is -1.95. The van der Waals surface area contributed by atoms with Crippen LogP contribution in [0.3, 0.4) is 0 Å². The molecule has 0 fully saturated rings. The van der Waals surface area contributed by atoms with Crippen molar-refractivity contribution in [3.8, 4) is 0 Å². The van der Waals surface area contributed by atoms with Gasteiger partial charge in [-0.05, 0) is 12.1 Å². The van der Waals surface area contributed by atoms with Gasteiger partial charge in [0.2, 0.25) is 0 Å². The first-order valence-electron chi connectivity index (χ1n) is 4.40. The van der Waals surface area contributed by atoms with Crippen LogP contribution >= 0.6 is 24.0 Å². The minimum Gasteiger partial charge on any atom is -0.325 e. The molecule has 0 saturated carbocycles. The van der Waals surface area contributed by atoms with E-state index in [1.165, 1.54) is 6.33 Å². The Morgan fingerprint density at radius 3 is 3.15 bits per heavy atom. The van der Waals surface area contributed by atoms with Crippen molar-refractivity contribution >= 4 is 29.5 Å². The van der Waals surface area contributed by atoms with Crippen molar-refractivity contribution in [3.63, 3.8) is 0 Å². The predicted molar refractivity (Wildman–Crippen MR) is 55.3 cm³/mol. The van der Waals surface area contributed by atoms with Crippen molar-refractivity contribution < 1.29 is 2.74 Å². The Bertz CT molecular complexity index is 478. The van der Waals surface area contributed by atoms with Crippen LogP contribution in [0.25, 0.3) is 5.52 Å². The minimum atomic E-state index is -1.95. The lowest BCUT2D eigenvalue weighted by molar-refractivity contribution is 1.02. The van der Waals surface area contributed by atoms with Gasteiger partial charge in [-0.2, -0.15) is 0 Å². The highest BCUT2D eigenvalue weighted by atomic mass is 35.5. The Labute approximate surface area is 89.7 Å². The first-order valence-corrected chi connectivity index (χ1v) is 3.78. The number of pyridine rings is 1. The third kappa shape index (κ3) is 1.77. The van der Waals surface area contributed by atoms with E-state index < -0.39 is 6.50 Å². The average molecular weight is 220 g/mol. The molecule has 2 aromatic heterocycles. The Morgan fingerprint density at radius 2 is 2.46 bits per heavy atom. The van der Waals surface area contributed by atoms with Gasteiger partial charge < -0.3 is 10.1 Å². The van der Waals surface area contributed by atoms with E-state index in [0.29, 0.717) is 10.5 Å². The summed E-state index contributed by atoms with van der Waals surface area (Å²) in [6, 6.07) is 3.33. The molecule has 2 aromatic rings. The van der Waals surface area contributed by atoms with Crippen LogP contribution in [-0.2, 0) is 6.50 Å². The molecule has 0 amide bonds. The van der Waals surface area contributed by atoms with Crippen LogP contribution < -0.4 is 5.73 Å². The number of hydrogen-bond acceptors (Lipinski definition) is 2. The van der Waals surface area contributed by atoms with E-state index >= 15 is 0 Å². The summed E-state index contributed by atoms with van der Waals surface area (Å²) in [7, 11) is 0. The SMILES string of the molecule is Cl.[2H]C([2H])(N)c1ncn2ccc(Cl)cc12. The summed E-state index contributed by atoms with van der Waals surface area (Å²) in [6.45, 7) is -1.95. The first kappa shape index (κ1) is 7.62. The van der Waals surface area contributed by atoms with Crippen LogP contribution in [0.1, 0.15) is 8.44 Å². The molecule has 0 aliphatic heterocycles. The van der Waals surface area contributed by atoms with Crippen molar-refractivity contribution in [2.24, 2.45) is 5.73 Å². The highest BCUT2D eigenvalue weighted by Gasteiger charge is 2.01. The molecule has 2 N–H and O–H groups in total. The third-order valence-electron chi connectivity index (χ3n) is 1.64. The highest BCUT2D eigenvalue weighted by Crippen LogP contribution is 2.14. The van der Waals surface area contributed by atoms with E-state index in [4.69, 9.17) is 20.1 Å². The minimum absolute atomic E-state index is 0.